The van der Waals surface area contributed by atoms with E-state index in [0.717, 1.165) is 29.9 Å². The van der Waals surface area contributed by atoms with E-state index in [2.05, 4.69) is 10.4 Å². The maximum absolute atomic E-state index is 12.4. The summed E-state index contributed by atoms with van der Waals surface area (Å²) in [7, 11) is 1.89. The fourth-order valence-electron chi connectivity index (χ4n) is 2.78. The standard InChI is InChI=1S/C14H23N3O/c1-10-14(11(2)17(3)16-10)13(18)9-12-7-5-4-6-8-15-12/h12,15H,4-9H2,1-3H3. The van der Waals surface area contributed by atoms with Crippen LogP contribution >= 0.6 is 0 Å². The van der Waals surface area contributed by atoms with Gasteiger partial charge < -0.3 is 5.32 Å². The van der Waals surface area contributed by atoms with Crippen molar-refractivity contribution >= 4 is 5.78 Å². The summed E-state index contributed by atoms with van der Waals surface area (Å²) in [6.07, 6.45) is 5.46. The number of rotatable bonds is 3. The van der Waals surface area contributed by atoms with Crippen molar-refractivity contribution < 1.29 is 4.79 Å². The van der Waals surface area contributed by atoms with Crippen LogP contribution in [-0.2, 0) is 7.05 Å². The van der Waals surface area contributed by atoms with E-state index in [-0.39, 0.29) is 5.78 Å². The van der Waals surface area contributed by atoms with Gasteiger partial charge in [-0.05, 0) is 33.2 Å². The van der Waals surface area contributed by atoms with E-state index in [0.29, 0.717) is 12.5 Å². The molecule has 1 unspecified atom stereocenters. The molecule has 2 heterocycles. The Morgan fingerprint density at radius 2 is 2.17 bits per heavy atom. The van der Waals surface area contributed by atoms with Crippen LogP contribution in [-0.4, -0.2) is 28.2 Å². The zero-order valence-corrected chi connectivity index (χ0v) is 11.6. The van der Waals surface area contributed by atoms with Crippen molar-refractivity contribution in [1.29, 1.82) is 0 Å². The minimum atomic E-state index is 0.234. The SMILES string of the molecule is Cc1nn(C)c(C)c1C(=O)CC1CCCCCN1. The highest BCUT2D eigenvalue weighted by atomic mass is 16.1. The number of hydrogen-bond donors (Lipinski definition) is 1. The fraction of sp³-hybridized carbons (Fsp3) is 0.714. The molecule has 0 aliphatic carbocycles. The summed E-state index contributed by atoms with van der Waals surface area (Å²) in [5, 5.41) is 7.80. The van der Waals surface area contributed by atoms with Crippen LogP contribution < -0.4 is 5.32 Å². The molecular weight excluding hydrogens is 226 g/mol. The van der Waals surface area contributed by atoms with Crippen molar-refractivity contribution in [3.8, 4) is 0 Å². The Labute approximate surface area is 109 Å². The van der Waals surface area contributed by atoms with Gasteiger partial charge in [0.05, 0.1) is 11.3 Å². The number of carbonyl (C=O) groups excluding carboxylic acids is 1. The molecule has 0 saturated carbocycles. The van der Waals surface area contributed by atoms with Crippen LogP contribution in [0.4, 0.5) is 0 Å². The van der Waals surface area contributed by atoms with Gasteiger partial charge in [-0.15, -0.1) is 0 Å². The van der Waals surface area contributed by atoms with E-state index in [1.54, 1.807) is 4.68 Å². The molecule has 0 bridgehead atoms. The third-order valence-electron chi connectivity index (χ3n) is 3.88. The number of Topliss-reactive ketones (excluding diaryl/α,β-unsaturated/α-hetero) is 1. The van der Waals surface area contributed by atoms with Gasteiger partial charge in [-0.2, -0.15) is 5.10 Å². The molecule has 18 heavy (non-hydrogen) atoms. The minimum absolute atomic E-state index is 0.234. The number of hydrogen-bond acceptors (Lipinski definition) is 3. The lowest BCUT2D eigenvalue weighted by molar-refractivity contribution is 0.0967. The van der Waals surface area contributed by atoms with Gasteiger partial charge >= 0.3 is 0 Å². The summed E-state index contributed by atoms with van der Waals surface area (Å²) in [6, 6.07) is 0.346. The van der Waals surface area contributed by atoms with Crippen molar-refractivity contribution in [2.75, 3.05) is 6.54 Å². The Balaban J connectivity index is 2.06. The summed E-state index contributed by atoms with van der Waals surface area (Å²) in [5.41, 5.74) is 2.66. The van der Waals surface area contributed by atoms with E-state index >= 15 is 0 Å². The first-order valence-electron chi connectivity index (χ1n) is 6.86. The van der Waals surface area contributed by atoms with E-state index in [4.69, 9.17) is 0 Å². The molecule has 1 aliphatic heterocycles. The number of ketones is 1. The van der Waals surface area contributed by atoms with Crippen LogP contribution in [0, 0.1) is 13.8 Å². The molecule has 0 aromatic carbocycles. The quantitative estimate of drug-likeness (QED) is 0.835. The summed E-state index contributed by atoms with van der Waals surface area (Å²) < 4.78 is 1.79. The molecule has 1 saturated heterocycles. The van der Waals surface area contributed by atoms with Crippen LogP contribution in [0.15, 0.2) is 0 Å². The Morgan fingerprint density at radius 3 is 2.83 bits per heavy atom. The van der Waals surface area contributed by atoms with Gasteiger partial charge in [-0.1, -0.05) is 12.8 Å². The maximum atomic E-state index is 12.4. The van der Waals surface area contributed by atoms with Gasteiger partial charge in [-0.25, -0.2) is 0 Å². The average Bonchev–Trinajstić information content (AvgIpc) is 2.52. The van der Waals surface area contributed by atoms with Gasteiger partial charge in [0, 0.05) is 25.2 Å². The molecule has 1 aromatic rings. The first-order chi connectivity index (χ1) is 8.59. The maximum Gasteiger partial charge on any atom is 0.168 e. The van der Waals surface area contributed by atoms with Crippen LogP contribution in [0.3, 0.4) is 0 Å². The molecule has 0 spiro atoms. The minimum Gasteiger partial charge on any atom is -0.314 e. The van der Waals surface area contributed by atoms with Crippen molar-refractivity contribution in [1.82, 2.24) is 15.1 Å². The van der Waals surface area contributed by atoms with E-state index in [9.17, 15) is 4.79 Å². The molecule has 4 nitrogen and oxygen atoms in total. The smallest absolute Gasteiger partial charge is 0.168 e. The highest BCUT2D eigenvalue weighted by molar-refractivity contribution is 5.98. The lowest BCUT2D eigenvalue weighted by Gasteiger charge is -2.14. The normalized spacial score (nSPS) is 20.7. The molecule has 1 N–H and O–H groups in total. The second-order valence-corrected chi connectivity index (χ2v) is 5.30. The molecule has 4 heteroatoms. The Bertz CT molecular complexity index is 428. The molecular formula is C14H23N3O. The van der Waals surface area contributed by atoms with Crippen LogP contribution in [0.25, 0.3) is 0 Å². The summed E-state index contributed by atoms with van der Waals surface area (Å²) in [5.74, 6) is 0.234. The summed E-state index contributed by atoms with van der Waals surface area (Å²) in [4.78, 5) is 12.4. The zero-order valence-electron chi connectivity index (χ0n) is 11.6. The van der Waals surface area contributed by atoms with E-state index in [1.807, 2.05) is 20.9 Å². The largest absolute Gasteiger partial charge is 0.314 e. The van der Waals surface area contributed by atoms with Crippen molar-refractivity contribution in [3.63, 3.8) is 0 Å². The van der Waals surface area contributed by atoms with Crippen molar-refractivity contribution in [2.24, 2.45) is 7.05 Å². The summed E-state index contributed by atoms with van der Waals surface area (Å²) in [6.45, 7) is 4.93. The van der Waals surface area contributed by atoms with Gasteiger partial charge in [0.25, 0.3) is 0 Å². The van der Waals surface area contributed by atoms with Crippen LogP contribution in [0.1, 0.15) is 53.8 Å². The van der Waals surface area contributed by atoms with Gasteiger partial charge in [0.2, 0.25) is 0 Å². The molecule has 100 valence electrons. The monoisotopic (exact) mass is 249 g/mol. The van der Waals surface area contributed by atoms with Crippen LogP contribution in [0.2, 0.25) is 0 Å². The second kappa shape index (κ2) is 5.65. The first-order valence-corrected chi connectivity index (χ1v) is 6.86. The molecule has 0 radical (unpaired) electrons. The molecule has 1 fully saturated rings. The van der Waals surface area contributed by atoms with Gasteiger partial charge in [-0.3, -0.25) is 9.48 Å². The lowest BCUT2D eigenvalue weighted by atomic mass is 9.99. The Kier molecular flexibility index (Phi) is 4.17. The van der Waals surface area contributed by atoms with Crippen molar-refractivity contribution in [2.45, 2.75) is 52.0 Å². The first kappa shape index (κ1) is 13.3. The highest BCUT2D eigenvalue weighted by Crippen LogP contribution is 2.18. The third-order valence-corrected chi connectivity index (χ3v) is 3.88. The summed E-state index contributed by atoms with van der Waals surface area (Å²) >= 11 is 0. The Hall–Kier alpha value is -1.16. The number of aromatic nitrogens is 2. The van der Waals surface area contributed by atoms with Crippen LogP contribution in [0.5, 0.6) is 0 Å². The molecule has 1 aliphatic rings. The van der Waals surface area contributed by atoms with E-state index in [1.165, 1.54) is 19.3 Å². The zero-order chi connectivity index (χ0) is 13.1. The number of nitrogens with one attached hydrogen (secondary N) is 1. The predicted molar refractivity (Wildman–Crippen MR) is 71.9 cm³/mol. The predicted octanol–water partition coefficient (Wildman–Crippen LogP) is 2.14. The fourth-order valence-corrected chi connectivity index (χ4v) is 2.78. The number of nitrogens with zero attached hydrogens (tertiary/aromatic N) is 2. The number of carbonyl (C=O) groups is 1. The molecule has 2 rings (SSSR count). The lowest BCUT2D eigenvalue weighted by Crippen LogP contribution is -2.30. The second-order valence-electron chi connectivity index (χ2n) is 5.30. The highest BCUT2D eigenvalue weighted by Gasteiger charge is 2.21. The molecule has 1 aromatic heterocycles. The third kappa shape index (κ3) is 2.80. The molecule has 1 atom stereocenters. The Morgan fingerprint density at radius 1 is 1.39 bits per heavy atom. The number of aryl methyl sites for hydroxylation is 2. The average molecular weight is 249 g/mol. The van der Waals surface area contributed by atoms with Crippen molar-refractivity contribution in [3.05, 3.63) is 17.0 Å². The van der Waals surface area contributed by atoms with Gasteiger partial charge in [0.15, 0.2) is 5.78 Å². The van der Waals surface area contributed by atoms with E-state index < -0.39 is 0 Å². The topological polar surface area (TPSA) is 46.9 Å². The molecule has 0 amide bonds. The van der Waals surface area contributed by atoms with Gasteiger partial charge in [0.1, 0.15) is 0 Å².